The van der Waals surface area contributed by atoms with Crippen LogP contribution in [0.15, 0.2) is 0 Å². The molecular formula is C13H23N3O2. The minimum Gasteiger partial charge on any atom is -0.444 e. The lowest BCUT2D eigenvalue weighted by Gasteiger charge is -2.38. The van der Waals surface area contributed by atoms with Gasteiger partial charge in [-0.05, 0) is 20.8 Å². The molecule has 0 aromatic heterocycles. The van der Waals surface area contributed by atoms with Crippen molar-refractivity contribution in [3.05, 3.63) is 11.4 Å². The summed E-state index contributed by atoms with van der Waals surface area (Å²) in [5.74, 6) is 0. The van der Waals surface area contributed by atoms with Crippen LogP contribution in [0, 0.1) is 6.57 Å². The largest absolute Gasteiger partial charge is 0.444 e. The van der Waals surface area contributed by atoms with Crippen molar-refractivity contribution in [3.63, 3.8) is 0 Å². The van der Waals surface area contributed by atoms with Crippen molar-refractivity contribution in [2.75, 3.05) is 26.2 Å². The fourth-order valence-corrected chi connectivity index (χ4v) is 1.83. The first-order chi connectivity index (χ1) is 8.15. The monoisotopic (exact) mass is 253 g/mol. The van der Waals surface area contributed by atoms with Crippen molar-refractivity contribution in [3.8, 4) is 0 Å². The van der Waals surface area contributed by atoms with Crippen LogP contribution in [0.1, 0.15) is 34.6 Å². The van der Waals surface area contributed by atoms with Gasteiger partial charge in [0.25, 0.3) is 5.66 Å². The van der Waals surface area contributed by atoms with Crippen molar-refractivity contribution in [1.29, 1.82) is 0 Å². The van der Waals surface area contributed by atoms with Gasteiger partial charge in [-0.25, -0.2) is 16.3 Å². The van der Waals surface area contributed by atoms with Gasteiger partial charge in [-0.15, -0.1) is 0 Å². The molecule has 5 nitrogen and oxygen atoms in total. The Morgan fingerprint density at radius 1 is 1.11 bits per heavy atom. The first-order valence-electron chi connectivity index (χ1n) is 6.27. The molecule has 1 saturated heterocycles. The number of amides is 1. The van der Waals surface area contributed by atoms with Gasteiger partial charge in [0.1, 0.15) is 5.60 Å². The summed E-state index contributed by atoms with van der Waals surface area (Å²) in [4.78, 5) is 19.3. The molecule has 102 valence electrons. The maximum absolute atomic E-state index is 11.9. The van der Waals surface area contributed by atoms with E-state index in [1.165, 1.54) is 0 Å². The molecule has 0 spiro atoms. The molecule has 0 aromatic rings. The Labute approximate surface area is 110 Å². The van der Waals surface area contributed by atoms with E-state index in [9.17, 15) is 4.79 Å². The normalized spacial score (nSPS) is 18.3. The summed E-state index contributed by atoms with van der Waals surface area (Å²) >= 11 is 0. The summed E-state index contributed by atoms with van der Waals surface area (Å²) in [6.45, 7) is 19.2. The van der Waals surface area contributed by atoms with E-state index in [0.717, 1.165) is 0 Å². The van der Waals surface area contributed by atoms with Crippen molar-refractivity contribution < 1.29 is 9.53 Å². The Balaban J connectivity index is 2.50. The maximum atomic E-state index is 11.9. The van der Waals surface area contributed by atoms with Crippen LogP contribution in [-0.2, 0) is 4.74 Å². The average molecular weight is 253 g/mol. The predicted octanol–water partition coefficient (Wildman–Crippen LogP) is 2.19. The molecule has 0 bridgehead atoms. The number of ether oxygens (including phenoxy) is 1. The minimum absolute atomic E-state index is 0.261. The molecule has 0 radical (unpaired) electrons. The molecule has 0 aromatic carbocycles. The second kappa shape index (κ2) is 5.15. The van der Waals surface area contributed by atoms with Crippen molar-refractivity contribution in [2.45, 2.75) is 45.9 Å². The number of hydrogen-bond acceptors (Lipinski definition) is 3. The van der Waals surface area contributed by atoms with E-state index < -0.39 is 11.3 Å². The van der Waals surface area contributed by atoms with Crippen LogP contribution >= 0.6 is 0 Å². The molecule has 1 rings (SSSR count). The van der Waals surface area contributed by atoms with Gasteiger partial charge in [0.2, 0.25) is 0 Å². The summed E-state index contributed by atoms with van der Waals surface area (Å²) in [6, 6.07) is 0. The number of rotatable bonds is 1. The average Bonchev–Trinajstić information content (AvgIpc) is 2.27. The number of piperazine rings is 1. The highest BCUT2D eigenvalue weighted by atomic mass is 16.6. The van der Waals surface area contributed by atoms with Gasteiger partial charge < -0.3 is 9.64 Å². The van der Waals surface area contributed by atoms with Crippen molar-refractivity contribution in [2.24, 2.45) is 0 Å². The summed E-state index contributed by atoms with van der Waals surface area (Å²) in [5, 5.41) is 0. The highest BCUT2D eigenvalue weighted by Gasteiger charge is 2.36. The quantitative estimate of drug-likeness (QED) is 0.672. The van der Waals surface area contributed by atoms with Crippen LogP contribution in [0.2, 0.25) is 0 Å². The minimum atomic E-state index is -0.486. The molecular weight excluding hydrogens is 230 g/mol. The smallest absolute Gasteiger partial charge is 0.410 e. The van der Waals surface area contributed by atoms with Crippen molar-refractivity contribution in [1.82, 2.24) is 9.80 Å². The van der Waals surface area contributed by atoms with Crippen LogP contribution in [0.3, 0.4) is 0 Å². The van der Waals surface area contributed by atoms with Crippen LogP contribution in [0.4, 0.5) is 4.79 Å². The molecule has 0 saturated carbocycles. The summed E-state index contributed by atoms with van der Waals surface area (Å²) in [7, 11) is 0. The van der Waals surface area contributed by atoms with Gasteiger partial charge in [0, 0.05) is 40.0 Å². The van der Waals surface area contributed by atoms with Gasteiger partial charge >= 0.3 is 6.09 Å². The third-order valence-corrected chi connectivity index (χ3v) is 2.98. The molecule has 1 amide bonds. The van der Waals surface area contributed by atoms with Gasteiger partial charge in [-0.3, -0.25) is 4.85 Å². The van der Waals surface area contributed by atoms with E-state index in [4.69, 9.17) is 11.3 Å². The second-order valence-corrected chi connectivity index (χ2v) is 6.06. The van der Waals surface area contributed by atoms with Gasteiger partial charge in [-0.1, -0.05) is 0 Å². The van der Waals surface area contributed by atoms with Gasteiger partial charge in [0.15, 0.2) is 0 Å². The van der Waals surface area contributed by atoms with E-state index in [1.807, 2.05) is 34.6 Å². The molecule has 1 aliphatic heterocycles. The zero-order chi connectivity index (χ0) is 14.0. The van der Waals surface area contributed by atoms with E-state index in [2.05, 4.69) is 9.74 Å². The third-order valence-electron chi connectivity index (χ3n) is 2.98. The highest BCUT2D eigenvalue weighted by Crippen LogP contribution is 2.19. The number of nitrogens with zero attached hydrogens (tertiary/aromatic N) is 3. The number of hydrogen-bond donors (Lipinski definition) is 0. The molecule has 18 heavy (non-hydrogen) atoms. The van der Waals surface area contributed by atoms with E-state index in [0.29, 0.717) is 26.2 Å². The fourth-order valence-electron chi connectivity index (χ4n) is 1.83. The third kappa shape index (κ3) is 3.88. The number of carbonyl (C=O) groups is 1. The van der Waals surface area contributed by atoms with Crippen molar-refractivity contribution >= 4 is 6.09 Å². The van der Waals surface area contributed by atoms with Gasteiger partial charge in [-0.2, -0.15) is 0 Å². The zero-order valence-electron chi connectivity index (χ0n) is 12.0. The van der Waals surface area contributed by atoms with Crippen LogP contribution < -0.4 is 0 Å². The van der Waals surface area contributed by atoms with E-state index in [1.54, 1.807) is 4.90 Å². The lowest BCUT2D eigenvalue weighted by molar-refractivity contribution is 0.00684. The molecule has 0 unspecified atom stereocenters. The highest BCUT2D eigenvalue weighted by molar-refractivity contribution is 5.68. The zero-order valence-corrected chi connectivity index (χ0v) is 12.0. The van der Waals surface area contributed by atoms with Gasteiger partial charge in [0.05, 0.1) is 0 Å². The summed E-state index contributed by atoms with van der Waals surface area (Å²) < 4.78 is 5.33. The first-order valence-corrected chi connectivity index (χ1v) is 6.27. The molecule has 0 aliphatic carbocycles. The maximum Gasteiger partial charge on any atom is 0.410 e. The molecule has 1 fully saturated rings. The summed E-state index contributed by atoms with van der Waals surface area (Å²) in [6.07, 6.45) is -0.261. The molecule has 0 N–H and O–H groups in total. The Morgan fingerprint density at radius 3 is 2.00 bits per heavy atom. The lowest BCUT2D eigenvalue weighted by atomic mass is 10.1. The van der Waals surface area contributed by atoms with Crippen LogP contribution in [0.5, 0.6) is 0 Å². The summed E-state index contributed by atoms with van der Waals surface area (Å²) in [5.41, 5.74) is -0.940. The fraction of sp³-hybridized carbons (Fsp3) is 0.846. The number of carbonyl (C=O) groups excluding carboxylic acids is 1. The topological polar surface area (TPSA) is 37.1 Å². The Kier molecular flexibility index (Phi) is 4.23. The Morgan fingerprint density at radius 2 is 1.61 bits per heavy atom. The van der Waals surface area contributed by atoms with E-state index >= 15 is 0 Å². The van der Waals surface area contributed by atoms with Crippen LogP contribution in [0.25, 0.3) is 4.85 Å². The second-order valence-electron chi connectivity index (χ2n) is 6.06. The molecule has 5 heteroatoms. The molecule has 1 aliphatic rings. The molecule has 0 atom stereocenters. The molecule has 1 heterocycles. The van der Waals surface area contributed by atoms with Crippen LogP contribution in [-0.4, -0.2) is 53.3 Å². The Hall–Kier alpha value is -1.28. The SMILES string of the molecule is [C-]#[N+]C(C)(C)N1CCN(C(=O)OC(C)(C)C)CC1. The van der Waals surface area contributed by atoms with E-state index in [-0.39, 0.29) is 6.09 Å². The standard InChI is InChI=1S/C13H23N3O2/c1-12(2,3)18-11(17)15-7-9-16(10-8-15)13(4,5)14-6/h7-10H2,1-5H3. The Bertz CT molecular complexity index is 344. The first kappa shape index (κ1) is 14.8. The predicted molar refractivity (Wildman–Crippen MR) is 70.1 cm³/mol. The lowest BCUT2D eigenvalue weighted by Crippen LogP contribution is -2.55.